The molecule has 0 saturated heterocycles. The molecular weight excluding hydrogens is 344 g/mol. The summed E-state index contributed by atoms with van der Waals surface area (Å²) in [7, 11) is 0. The predicted molar refractivity (Wildman–Crippen MR) is 106 cm³/mol. The van der Waals surface area contributed by atoms with E-state index in [4.69, 9.17) is 0 Å². The van der Waals surface area contributed by atoms with E-state index in [2.05, 4.69) is 53.5 Å². The predicted octanol–water partition coefficient (Wildman–Crippen LogP) is 4.26. The average molecular weight is 369 g/mol. The van der Waals surface area contributed by atoms with E-state index in [1.165, 1.54) is 16.9 Å². The Labute approximate surface area is 158 Å². The van der Waals surface area contributed by atoms with Crippen LogP contribution in [0.3, 0.4) is 0 Å². The molecule has 6 heteroatoms. The van der Waals surface area contributed by atoms with Crippen molar-refractivity contribution in [3.63, 3.8) is 0 Å². The molecule has 0 aliphatic carbocycles. The van der Waals surface area contributed by atoms with E-state index in [9.17, 15) is 4.79 Å². The molecule has 0 radical (unpaired) electrons. The lowest BCUT2D eigenvalue weighted by Gasteiger charge is -2.05. The number of aromatic nitrogens is 3. The molecule has 2 aromatic heterocycles. The minimum Gasteiger partial charge on any atom is -0.351 e. The van der Waals surface area contributed by atoms with E-state index in [0.717, 1.165) is 29.1 Å². The van der Waals surface area contributed by atoms with Gasteiger partial charge in [-0.3, -0.25) is 9.48 Å². The topological polar surface area (TPSA) is 59.8 Å². The summed E-state index contributed by atoms with van der Waals surface area (Å²) in [4.78, 5) is 16.7. The Kier molecular flexibility index (Phi) is 5.83. The highest BCUT2D eigenvalue weighted by Crippen LogP contribution is 2.25. The highest BCUT2D eigenvalue weighted by atomic mass is 32.1. The molecule has 0 bridgehead atoms. The molecule has 0 aliphatic rings. The minimum absolute atomic E-state index is 0.122. The van der Waals surface area contributed by atoms with Crippen molar-refractivity contribution in [3.8, 4) is 10.6 Å². The summed E-state index contributed by atoms with van der Waals surface area (Å²) >= 11 is 1.50. The van der Waals surface area contributed by atoms with Crippen LogP contribution in [0.15, 0.2) is 42.0 Å². The molecule has 0 unspecified atom stereocenters. The van der Waals surface area contributed by atoms with Crippen LogP contribution in [0, 0.1) is 6.92 Å². The lowest BCUT2D eigenvalue weighted by Crippen LogP contribution is -2.25. The quantitative estimate of drug-likeness (QED) is 0.634. The number of hydrogen-bond acceptors (Lipinski definition) is 4. The van der Waals surface area contributed by atoms with Crippen molar-refractivity contribution in [2.75, 3.05) is 6.54 Å². The fraction of sp³-hybridized carbons (Fsp3) is 0.350. The first-order valence-corrected chi connectivity index (χ1v) is 9.74. The van der Waals surface area contributed by atoms with Gasteiger partial charge in [0, 0.05) is 30.2 Å². The first-order chi connectivity index (χ1) is 12.5. The number of carbonyl (C=O) groups is 1. The van der Waals surface area contributed by atoms with Crippen molar-refractivity contribution in [1.29, 1.82) is 0 Å². The highest BCUT2D eigenvalue weighted by Gasteiger charge is 2.11. The third-order valence-electron chi connectivity index (χ3n) is 4.17. The molecular formula is C20H24N4OS. The van der Waals surface area contributed by atoms with Crippen LogP contribution >= 0.6 is 11.3 Å². The Balaban J connectivity index is 1.52. The Morgan fingerprint density at radius 3 is 2.69 bits per heavy atom. The molecule has 1 N–H and O–H groups in total. The van der Waals surface area contributed by atoms with E-state index in [-0.39, 0.29) is 5.91 Å². The molecule has 0 saturated carbocycles. The smallest absolute Gasteiger partial charge is 0.270 e. The Morgan fingerprint density at radius 2 is 2.04 bits per heavy atom. The van der Waals surface area contributed by atoms with Crippen LogP contribution in [-0.2, 0) is 6.54 Å². The fourth-order valence-electron chi connectivity index (χ4n) is 2.64. The molecule has 0 aliphatic heterocycles. The Bertz CT molecular complexity index is 864. The molecule has 0 fully saturated rings. The van der Waals surface area contributed by atoms with Crippen LogP contribution in [0.1, 0.15) is 47.8 Å². The maximum atomic E-state index is 12.3. The SMILES string of the molecule is Cc1cnn(CCCNC(=O)c2csc(-c3ccc(C(C)C)cc3)n2)c1. The fourth-order valence-corrected chi connectivity index (χ4v) is 3.45. The molecule has 1 aromatic carbocycles. The largest absolute Gasteiger partial charge is 0.351 e. The third kappa shape index (κ3) is 4.58. The monoisotopic (exact) mass is 368 g/mol. The molecule has 0 atom stereocenters. The standard InChI is InChI=1S/C20H24N4OS/c1-14(2)16-5-7-17(8-6-16)20-23-18(13-26-20)19(25)21-9-4-10-24-12-15(3)11-22-24/h5-8,11-14H,4,9-10H2,1-3H3,(H,21,25). The lowest BCUT2D eigenvalue weighted by atomic mass is 10.0. The summed E-state index contributed by atoms with van der Waals surface area (Å²) in [5.41, 5.74) is 3.97. The van der Waals surface area contributed by atoms with E-state index in [1.807, 2.05) is 29.4 Å². The van der Waals surface area contributed by atoms with Crippen molar-refractivity contribution >= 4 is 17.2 Å². The van der Waals surface area contributed by atoms with Crippen molar-refractivity contribution in [1.82, 2.24) is 20.1 Å². The van der Waals surface area contributed by atoms with Gasteiger partial charge in [0.15, 0.2) is 0 Å². The molecule has 0 spiro atoms. The van der Waals surface area contributed by atoms with Gasteiger partial charge in [-0.1, -0.05) is 38.1 Å². The number of aryl methyl sites for hydroxylation is 2. The van der Waals surface area contributed by atoms with E-state index >= 15 is 0 Å². The number of rotatable bonds is 7. The number of nitrogens with one attached hydrogen (secondary N) is 1. The van der Waals surface area contributed by atoms with Gasteiger partial charge in [-0.15, -0.1) is 11.3 Å². The summed E-state index contributed by atoms with van der Waals surface area (Å²) < 4.78 is 1.89. The van der Waals surface area contributed by atoms with Gasteiger partial charge >= 0.3 is 0 Å². The molecule has 3 aromatic rings. The first kappa shape index (κ1) is 18.3. The van der Waals surface area contributed by atoms with Crippen LogP contribution in [0.4, 0.5) is 0 Å². The number of nitrogens with zero attached hydrogens (tertiary/aromatic N) is 3. The summed E-state index contributed by atoms with van der Waals surface area (Å²) in [6.07, 6.45) is 4.67. The highest BCUT2D eigenvalue weighted by molar-refractivity contribution is 7.13. The second kappa shape index (κ2) is 8.27. The zero-order valence-electron chi connectivity index (χ0n) is 15.4. The van der Waals surface area contributed by atoms with Crippen molar-refractivity contribution in [2.24, 2.45) is 0 Å². The van der Waals surface area contributed by atoms with Gasteiger partial charge in [-0.05, 0) is 30.4 Å². The molecule has 2 heterocycles. The van der Waals surface area contributed by atoms with Gasteiger partial charge in [0.2, 0.25) is 0 Å². The normalized spacial score (nSPS) is 11.1. The third-order valence-corrected chi connectivity index (χ3v) is 5.06. The Morgan fingerprint density at radius 1 is 1.27 bits per heavy atom. The summed E-state index contributed by atoms with van der Waals surface area (Å²) in [5.74, 6) is 0.385. The van der Waals surface area contributed by atoms with Crippen molar-refractivity contribution < 1.29 is 4.79 Å². The second-order valence-corrected chi connectivity index (χ2v) is 7.56. The number of amides is 1. The van der Waals surface area contributed by atoms with E-state index < -0.39 is 0 Å². The first-order valence-electron chi connectivity index (χ1n) is 8.86. The number of hydrogen-bond donors (Lipinski definition) is 1. The number of thiazole rings is 1. The van der Waals surface area contributed by atoms with Crippen LogP contribution in [-0.4, -0.2) is 27.2 Å². The van der Waals surface area contributed by atoms with Crippen LogP contribution in [0.5, 0.6) is 0 Å². The van der Waals surface area contributed by atoms with E-state index in [0.29, 0.717) is 18.2 Å². The zero-order chi connectivity index (χ0) is 18.5. The van der Waals surface area contributed by atoms with Gasteiger partial charge in [0.25, 0.3) is 5.91 Å². The number of benzene rings is 1. The minimum atomic E-state index is -0.122. The van der Waals surface area contributed by atoms with Gasteiger partial charge in [-0.2, -0.15) is 5.10 Å². The van der Waals surface area contributed by atoms with Crippen LogP contribution in [0.2, 0.25) is 0 Å². The molecule has 26 heavy (non-hydrogen) atoms. The van der Waals surface area contributed by atoms with Crippen LogP contribution < -0.4 is 5.32 Å². The van der Waals surface area contributed by atoms with Gasteiger partial charge in [0.1, 0.15) is 10.7 Å². The van der Waals surface area contributed by atoms with Gasteiger partial charge in [0.05, 0.1) is 6.20 Å². The molecule has 136 valence electrons. The molecule has 5 nitrogen and oxygen atoms in total. The maximum Gasteiger partial charge on any atom is 0.270 e. The zero-order valence-corrected chi connectivity index (χ0v) is 16.2. The number of carbonyl (C=O) groups excluding carboxylic acids is 1. The summed E-state index contributed by atoms with van der Waals surface area (Å²) in [6.45, 7) is 7.76. The van der Waals surface area contributed by atoms with Crippen molar-refractivity contribution in [3.05, 3.63) is 58.9 Å². The Hall–Kier alpha value is -2.47. The average Bonchev–Trinajstić information content (AvgIpc) is 3.28. The van der Waals surface area contributed by atoms with Gasteiger partial charge in [-0.25, -0.2) is 4.98 Å². The maximum absolute atomic E-state index is 12.3. The molecule has 1 amide bonds. The van der Waals surface area contributed by atoms with Crippen LogP contribution in [0.25, 0.3) is 10.6 Å². The lowest BCUT2D eigenvalue weighted by molar-refractivity contribution is 0.0948. The molecule has 3 rings (SSSR count). The van der Waals surface area contributed by atoms with Crippen molar-refractivity contribution in [2.45, 2.75) is 39.7 Å². The van der Waals surface area contributed by atoms with E-state index in [1.54, 1.807) is 0 Å². The second-order valence-electron chi connectivity index (χ2n) is 6.70. The van der Waals surface area contributed by atoms with Gasteiger partial charge < -0.3 is 5.32 Å². The summed E-state index contributed by atoms with van der Waals surface area (Å²) in [6, 6.07) is 8.39. The summed E-state index contributed by atoms with van der Waals surface area (Å²) in [5, 5.41) is 9.86.